The summed E-state index contributed by atoms with van der Waals surface area (Å²) < 4.78 is 11.2. The summed E-state index contributed by atoms with van der Waals surface area (Å²) in [6.07, 6.45) is 2.43. The number of hydrogen-bond donors (Lipinski definition) is 1. The Bertz CT molecular complexity index is 595. The quantitative estimate of drug-likeness (QED) is 0.780. The molecule has 1 aromatic rings. The molecule has 0 aromatic heterocycles. The number of piperidine rings is 1. The molecule has 0 saturated carbocycles. The molecule has 1 aromatic carbocycles. The number of primary amides is 1. The molecule has 1 aliphatic heterocycles. The van der Waals surface area contributed by atoms with Gasteiger partial charge in [0.1, 0.15) is 0 Å². The first-order valence-corrected chi connectivity index (χ1v) is 9.00. The van der Waals surface area contributed by atoms with Crippen molar-refractivity contribution in [2.75, 3.05) is 26.3 Å². The predicted molar refractivity (Wildman–Crippen MR) is 95.6 cm³/mol. The van der Waals surface area contributed by atoms with Crippen molar-refractivity contribution in [3.63, 3.8) is 0 Å². The van der Waals surface area contributed by atoms with Crippen LogP contribution in [0.3, 0.4) is 0 Å². The van der Waals surface area contributed by atoms with E-state index >= 15 is 0 Å². The molecule has 1 heterocycles. The van der Waals surface area contributed by atoms with Crippen LogP contribution in [0.15, 0.2) is 18.2 Å². The van der Waals surface area contributed by atoms with Crippen molar-refractivity contribution < 1.29 is 19.1 Å². The van der Waals surface area contributed by atoms with Gasteiger partial charge in [-0.3, -0.25) is 9.59 Å². The second kappa shape index (κ2) is 9.30. The van der Waals surface area contributed by atoms with Crippen LogP contribution in [-0.2, 0) is 16.0 Å². The van der Waals surface area contributed by atoms with Gasteiger partial charge in [-0.2, -0.15) is 0 Å². The van der Waals surface area contributed by atoms with E-state index in [4.69, 9.17) is 15.2 Å². The highest BCUT2D eigenvalue weighted by Gasteiger charge is 2.25. The monoisotopic (exact) mass is 348 g/mol. The van der Waals surface area contributed by atoms with Crippen molar-refractivity contribution >= 4 is 11.8 Å². The molecule has 6 nitrogen and oxygen atoms in total. The van der Waals surface area contributed by atoms with Crippen LogP contribution in [0.1, 0.15) is 38.7 Å². The Morgan fingerprint density at radius 2 is 1.76 bits per heavy atom. The Kier molecular flexibility index (Phi) is 7.10. The lowest BCUT2D eigenvalue weighted by Crippen LogP contribution is -2.41. The third-order valence-corrected chi connectivity index (χ3v) is 4.49. The zero-order valence-corrected chi connectivity index (χ0v) is 15.1. The van der Waals surface area contributed by atoms with Crippen LogP contribution in [0.25, 0.3) is 0 Å². The standard InChI is InChI=1S/C19H28N2O4/c1-3-24-16-7-5-14(13-17(16)25-4-2)6-8-18(22)21-11-9-15(10-12-21)19(20)23/h5,7,13,15H,3-4,6,8-12H2,1-2H3,(H2,20,23). The summed E-state index contributed by atoms with van der Waals surface area (Å²) in [6.45, 7) is 6.24. The van der Waals surface area contributed by atoms with Gasteiger partial charge in [-0.1, -0.05) is 6.07 Å². The highest BCUT2D eigenvalue weighted by atomic mass is 16.5. The molecular weight excluding hydrogens is 320 g/mol. The van der Waals surface area contributed by atoms with Crippen molar-refractivity contribution in [2.45, 2.75) is 39.5 Å². The molecule has 2 amide bonds. The van der Waals surface area contributed by atoms with Gasteiger partial charge >= 0.3 is 0 Å². The first-order chi connectivity index (χ1) is 12.0. The number of nitrogens with two attached hydrogens (primary N) is 1. The summed E-state index contributed by atoms with van der Waals surface area (Å²) in [6, 6.07) is 5.81. The zero-order valence-electron chi connectivity index (χ0n) is 15.1. The molecule has 0 unspecified atom stereocenters. The van der Waals surface area contributed by atoms with E-state index in [1.807, 2.05) is 36.9 Å². The number of aryl methyl sites for hydroxylation is 1. The summed E-state index contributed by atoms with van der Waals surface area (Å²) in [7, 11) is 0. The number of nitrogens with zero attached hydrogens (tertiary/aromatic N) is 1. The van der Waals surface area contributed by atoms with E-state index in [9.17, 15) is 9.59 Å². The van der Waals surface area contributed by atoms with Crippen LogP contribution in [0.2, 0.25) is 0 Å². The van der Waals surface area contributed by atoms with Crippen LogP contribution in [-0.4, -0.2) is 43.0 Å². The van der Waals surface area contributed by atoms with Crippen LogP contribution >= 0.6 is 0 Å². The molecule has 2 rings (SSSR count). The minimum atomic E-state index is -0.259. The second-order valence-corrected chi connectivity index (χ2v) is 6.20. The normalized spacial score (nSPS) is 15.0. The molecule has 1 fully saturated rings. The molecule has 0 spiro atoms. The van der Waals surface area contributed by atoms with E-state index in [0.717, 1.165) is 17.1 Å². The molecule has 6 heteroatoms. The van der Waals surface area contributed by atoms with Crippen LogP contribution < -0.4 is 15.2 Å². The number of rotatable bonds is 8. The average molecular weight is 348 g/mol. The summed E-state index contributed by atoms with van der Waals surface area (Å²) in [4.78, 5) is 25.4. The molecule has 138 valence electrons. The van der Waals surface area contributed by atoms with Gasteiger partial charge < -0.3 is 20.1 Å². The second-order valence-electron chi connectivity index (χ2n) is 6.20. The Labute approximate surface area is 149 Å². The van der Waals surface area contributed by atoms with E-state index in [2.05, 4.69) is 0 Å². The number of hydrogen-bond acceptors (Lipinski definition) is 4. The number of benzene rings is 1. The summed E-state index contributed by atoms with van der Waals surface area (Å²) in [5.74, 6) is 1.22. The van der Waals surface area contributed by atoms with Crippen molar-refractivity contribution in [1.82, 2.24) is 4.90 Å². The fraction of sp³-hybridized carbons (Fsp3) is 0.579. The minimum Gasteiger partial charge on any atom is -0.490 e. The van der Waals surface area contributed by atoms with Crippen LogP contribution in [0.4, 0.5) is 0 Å². The SMILES string of the molecule is CCOc1ccc(CCC(=O)N2CCC(C(N)=O)CC2)cc1OCC. The molecule has 0 radical (unpaired) electrons. The first kappa shape index (κ1) is 19.1. The third kappa shape index (κ3) is 5.37. The fourth-order valence-electron chi connectivity index (χ4n) is 3.07. The lowest BCUT2D eigenvalue weighted by Gasteiger charge is -2.30. The maximum Gasteiger partial charge on any atom is 0.222 e. The average Bonchev–Trinajstić information content (AvgIpc) is 2.62. The van der Waals surface area contributed by atoms with Crippen molar-refractivity contribution in [2.24, 2.45) is 11.7 Å². The molecule has 25 heavy (non-hydrogen) atoms. The van der Waals surface area contributed by atoms with Gasteiger partial charge in [-0.05, 0) is 50.8 Å². The Hall–Kier alpha value is -2.24. The molecule has 1 aliphatic rings. The Morgan fingerprint density at radius 3 is 2.36 bits per heavy atom. The smallest absolute Gasteiger partial charge is 0.222 e. The van der Waals surface area contributed by atoms with Gasteiger partial charge in [0.15, 0.2) is 11.5 Å². The number of amides is 2. The minimum absolute atomic E-state index is 0.0936. The van der Waals surface area contributed by atoms with Crippen molar-refractivity contribution in [1.29, 1.82) is 0 Å². The molecule has 1 saturated heterocycles. The van der Waals surface area contributed by atoms with Gasteiger partial charge in [0.05, 0.1) is 13.2 Å². The van der Waals surface area contributed by atoms with E-state index in [0.29, 0.717) is 52.0 Å². The maximum absolute atomic E-state index is 12.4. The molecule has 0 bridgehead atoms. The van der Waals surface area contributed by atoms with Crippen molar-refractivity contribution in [3.05, 3.63) is 23.8 Å². The van der Waals surface area contributed by atoms with Crippen LogP contribution in [0, 0.1) is 5.92 Å². The maximum atomic E-state index is 12.4. The zero-order chi connectivity index (χ0) is 18.2. The lowest BCUT2D eigenvalue weighted by atomic mass is 9.96. The predicted octanol–water partition coefficient (Wildman–Crippen LogP) is 2.14. The highest BCUT2D eigenvalue weighted by molar-refractivity contribution is 5.79. The molecular formula is C19H28N2O4. The molecule has 2 N–H and O–H groups in total. The van der Waals surface area contributed by atoms with Gasteiger partial charge in [0.25, 0.3) is 0 Å². The number of carbonyl (C=O) groups is 2. The summed E-state index contributed by atoms with van der Waals surface area (Å²) in [5.41, 5.74) is 6.38. The van der Waals surface area contributed by atoms with Gasteiger partial charge in [0, 0.05) is 25.4 Å². The third-order valence-electron chi connectivity index (χ3n) is 4.49. The van der Waals surface area contributed by atoms with Gasteiger partial charge in [-0.15, -0.1) is 0 Å². The largest absolute Gasteiger partial charge is 0.490 e. The van der Waals surface area contributed by atoms with Crippen LogP contribution in [0.5, 0.6) is 11.5 Å². The van der Waals surface area contributed by atoms with E-state index in [-0.39, 0.29) is 17.7 Å². The number of carbonyl (C=O) groups excluding carboxylic acids is 2. The molecule has 0 atom stereocenters. The highest BCUT2D eigenvalue weighted by Crippen LogP contribution is 2.29. The van der Waals surface area contributed by atoms with Crippen molar-refractivity contribution in [3.8, 4) is 11.5 Å². The van der Waals surface area contributed by atoms with E-state index in [1.54, 1.807) is 0 Å². The first-order valence-electron chi connectivity index (χ1n) is 9.00. The lowest BCUT2D eigenvalue weighted by molar-refractivity contribution is -0.134. The summed E-state index contributed by atoms with van der Waals surface area (Å²) in [5, 5.41) is 0. The fourth-order valence-corrected chi connectivity index (χ4v) is 3.07. The Morgan fingerprint density at radius 1 is 1.12 bits per heavy atom. The van der Waals surface area contributed by atoms with Gasteiger partial charge in [-0.25, -0.2) is 0 Å². The summed E-state index contributed by atoms with van der Waals surface area (Å²) >= 11 is 0. The topological polar surface area (TPSA) is 81.9 Å². The van der Waals surface area contributed by atoms with E-state index < -0.39 is 0 Å². The number of likely N-dealkylation sites (tertiary alicyclic amines) is 1. The molecule has 0 aliphatic carbocycles. The van der Waals surface area contributed by atoms with Gasteiger partial charge in [0.2, 0.25) is 11.8 Å². The number of ether oxygens (including phenoxy) is 2. The Balaban J connectivity index is 1.89. The van der Waals surface area contributed by atoms with E-state index in [1.165, 1.54) is 0 Å².